The lowest BCUT2D eigenvalue weighted by Crippen LogP contribution is -2.32. The molecule has 1 amide bonds. The number of thioether (sulfide) groups is 1. The number of carbonyl (C=O) groups is 1. The number of rotatable bonds is 9. The topological polar surface area (TPSA) is 69.7 Å². The molecule has 1 aromatic rings. The number of amides is 1. The number of aryl methyl sites for hydroxylation is 1. The molecule has 0 aliphatic carbocycles. The summed E-state index contributed by atoms with van der Waals surface area (Å²) >= 11 is 6.73. The van der Waals surface area contributed by atoms with E-state index in [-0.39, 0.29) is 10.8 Å². The summed E-state index contributed by atoms with van der Waals surface area (Å²) in [7, 11) is -3.60. The van der Waals surface area contributed by atoms with Gasteiger partial charge >= 0.3 is 0 Å². The first-order valence-corrected chi connectivity index (χ1v) is 12.2. The van der Waals surface area contributed by atoms with E-state index in [4.69, 9.17) is 12.2 Å². The van der Waals surface area contributed by atoms with Gasteiger partial charge in [-0.3, -0.25) is 4.79 Å². The Morgan fingerprint density at radius 3 is 2.21 bits per heavy atom. The van der Waals surface area contributed by atoms with Crippen LogP contribution in [0.2, 0.25) is 0 Å². The van der Waals surface area contributed by atoms with Crippen molar-refractivity contribution in [2.24, 2.45) is 0 Å². The van der Waals surface area contributed by atoms with E-state index in [2.05, 4.69) is 5.32 Å². The second kappa shape index (κ2) is 11.1. The molecule has 0 radical (unpaired) electrons. The number of hydrogen-bond acceptors (Lipinski definition) is 5. The van der Waals surface area contributed by atoms with Gasteiger partial charge in [0.05, 0.1) is 10.1 Å². The van der Waals surface area contributed by atoms with Crippen molar-refractivity contribution in [2.75, 3.05) is 31.5 Å². The van der Waals surface area contributed by atoms with Crippen LogP contribution in [0.3, 0.4) is 0 Å². The molecular formula is C19H31N3O3S3. The van der Waals surface area contributed by atoms with Gasteiger partial charge < -0.3 is 10.2 Å². The van der Waals surface area contributed by atoms with Crippen LogP contribution in [0.5, 0.6) is 0 Å². The predicted octanol–water partition coefficient (Wildman–Crippen LogP) is 3.71. The summed E-state index contributed by atoms with van der Waals surface area (Å²) in [5.41, 5.74) is 1.11. The van der Waals surface area contributed by atoms with Gasteiger partial charge in [-0.05, 0) is 45.4 Å². The molecule has 0 saturated carbocycles. The third kappa shape index (κ3) is 6.17. The Bertz CT molecular complexity index is 789. The van der Waals surface area contributed by atoms with Gasteiger partial charge in [0.25, 0.3) is 0 Å². The van der Waals surface area contributed by atoms with Gasteiger partial charge in [-0.25, -0.2) is 8.42 Å². The minimum Gasteiger partial charge on any atom is -0.358 e. The lowest BCUT2D eigenvalue weighted by molar-refractivity contribution is -0.115. The van der Waals surface area contributed by atoms with Gasteiger partial charge in [0.1, 0.15) is 4.32 Å². The molecule has 0 heterocycles. The average Bonchev–Trinajstić information content (AvgIpc) is 2.64. The number of benzene rings is 1. The smallest absolute Gasteiger partial charge is 0.243 e. The number of nitrogens with zero attached hydrogens (tertiary/aromatic N) is 2. The molecule has 0 saturated heterocycles. The summed E-state index contributed by atoms with van der Waals surface area (Å²) in [6.45, 7) is 13.6. The van der Waals surface area contributed by atoms with E-state index in [9.17, 15) is 13.2 Å². The minimum atomic E-state index is -3.60. The average molecular weight is 446 g/mol. The van der Waals surface area contributed by atoms with Crippen LogP contribution in [0, 0.1) is 6.92 Å². The molecule has 9 heteroatoms. The standard InChI is InChI=1S/C19H31N3O3S3/c1-7-21(8-2)19(26)27-15(6)18(23)20-16-12-11-14(5)17(13-16)28(24,25)22(9-3)10-4/h11-13,15H,7-10H2,1-6H3,(H,20,23). The number of thiocarbonyl (C=S) groups is 1. The maximum atomic E-state index is 12.9. The Hall–Kier alpha value is -1.16. The fourth-order valence-electron chi connectivity index (χ4n) is 2.66. The molecular weight excluding hydrogens is 414 g/mol. The lowest BCUT2D eigenvalue weighted by Gasteiger charge is -2.23. The maximum Gasteiger partial charge on any atom is 0.243 e. The van der Waals surface area contributed by atoms with Crippen LogP contribution in [0.1, 0.15) is 40.2 Å². The molecule has 0 aliphatic rings. The van der Waals surface area contributed by atoms with E-state index in [1.54, 1.807) is 39.8 Å². The summed E-state index contributed by atoms with van der Waals surface area (Å²) in [4.78, 5) is 14.8. The van der Waals surface area contributed by atoms with Crippen molar-refractivity contribution < 1.29 is 13.2 Å². The zero-order chi connectivity index (χ0) is 21.5. The number of hydrogen-bond donors (Lipinski definition) is 1. The molecule has 0 fully saturated rings. The summed E-state index contributed by atoms with van der Waals surface area (Å²) in [6.07, 6.45) is 0. The molecule has 1 rings (SSSR count). The first-order valence-electron chi connectivity index (χ1n) is 9.49. The highest BCUT2D eigenvalue weighted by molar-refractivity contribution is 8.23. The number of carbonyl (C=O) groups excluding carboxylic acids is 1. The summed E-state index contributed by atoms with van der Waals surface area (Å²) in [5, 5.41) is 2.42. The molecule has 0 aromatic heterocycles. The molecule has 158 valence electrons. The molecule has 1 N–H and O–H groups in total. The number of sulfonamides is 1. The highest BCUT2D eigenvalue weighted by Gasteiger charge is 2.25. The van der Waals surface area contributed by atoms with E-state index in [0.29, 0.717) is 28.7 Å². The summed E-state index contributed by atoms with van der Waals surface area (Å²) < 4.78 is 27.8. The van der Waals surface area contributed by atoms with Crippen molar-refractivity contribution >= 4 is 49.9 Å². The molecule has 0 bridgehead atoms. The van der Waals surface area contributed by atoms with E-state index in [0.717, 1.165) is 13.1 Å². The van der Waals surface area contributed by atoms with Crippen LogP contribution in [-0.2, 0) is 14.8 Å². The Labute approximate surface area is 179 Å². The minimum absolute atomic E-state index is 0.213. The monoisotopic (exact) mass is 445 g/mol. The van der Waals surface area contributed by atoms with Crippen LogP contribution >= 0.6 is 24.0 Å². The van der Waals surface area contributed by atoms with Gasteiger partial charge in [-0.1, -0.05) is 43.9 Å². The van der Waals surface area contributed by atoms with Gasteiger partial charge in [0.2, 0.25) is 15.9 Å². The van der Waals surface area contributed by atoms with Gasteiger partial charge in [-0.15, -0.1) is 0 Å². The van der Waals surface area contributed by atoms with Crippen LogP contribution in [-0.4, -0.2) is 59.3 Å². The van der Waals surface area contributed by atoms with E-state index in [1.807, 2.05) is 18.7 Å². The van der Waals surface area contributed by atoms with Crippen LogP contribution in [0.15, 0.2) is 23.1 Å². The van der Waals surface area contributed by atoms with Crippen LogP contribution < -0.4 is 5.32 Å². The summed E-state index contributed by atoms with van der Waals surface area (Å²) in [6, 6.07) is 4.96. The third-order valence-corrected chi connectivity index (χ3v) is 8.21. The maximum absolute atomic E-state index is 12.9. The Morgan fingerprint density at radius 2 is 1.71 bits per heavy atom. The Morgan fingerprint density at radius 1 is 1.14 bits per heavy atom. The molecule has 1 aromatic carbocycles. The third-order valence-electron chi connectivity index (χ3n) is 4.45. The number of nitrogens with one attached hydrogen (secondary N) is 1. The lowest BCUT2D eigenvalue weighted by atomic mass is 10.2. The molecule has 1 unspecified atom stereocenters. The fraction of sp³-hybridized carbons (Fsp3) is 0.579. The Kier molecular flexibility index (Phi) is 9.89. The highest BCUT2D eigenvalue weighted by atomic mass is 32.2. The van der Waals surface area contributed by atoms with Crippen molar-refractivity contribution in [3.05, 3.63) is 23.8 Å². The van der Waals surface area contributed by atoms with Crippen molar-refractivity contribution in [2.45, 2.75) is 51.7 Å². The van der Waals surface area contributed by atoms with E-state index >= 15 is 0 Å². The normalized spacial score (nSPS) is 12.7. The van der Waals surface area contributed by atoms with Crippen molar-refractivity contribution in [1.29, 1.82) is 0 Å². The largest absolute Gasteiger partial charge is 0.358 e. The van der Waals surface area contributed by atoms with Gasteiger partial charge in [0.15, 0.2) is 0 Å². The summed E-state index contributed by atoms with van der Waals surface area (Å²) in [5.74, 6) is -0.213. The zero-order valence-corrected chi connectivity index (χ0v) is 19.9. The van der Waals surface area contributed by atoms with Crippen LogP contribution in [0.4, 0.5) is 5.69 Å². The van der Waals surface area contributed by atoms with E-state index < -0.39 is 15.3 Å². The first kappa shape index (κ1) is 24.9. The SMILES string of the molecule is CCN(CC)C(=S)SC(C)C(=O)Nc1ccc(C)c(S(=O)(=O)N(CC)CC)c1. The van der Waals surface area contributed by atoms with Crippen molar-refractivity contribution in [3.8, 4) is 0 Å². The molecule has 6 nitrogen and oxygen atoms in total. The van der Waals surface area contributed by atoms with Crippen molar-refractivity contribution in [1.82, 2.24) is 9.21 Å². The molecule has 0 aliphatic heterocycles. The van der Waals surface area contributed by atoms with Gasteiger partial charge in [0, 0.05) is 31.9 Å². The second-order valence-electron chi connectivity index (χ2n) is 6.26. The van der Waals surface area contributed by atoms with E-state index in [1.165, 1.54) is 22.1 Å². The Balaban J connectivity index is 2.99. The molecule has 0 spiro atoms. The predicted molar refractivity (Wildman–Crippen MR) is 122 cm³/mol. The first-order chi connectivity index (χ1) is 13.1. The van der Waals surface area contributed by atoms with Crippen molar-refractivity contribution in [3.63, 3.8) is 0 Å². The van der Waals surface area contributed by atoms with Crippen LogP contribution in [0.25, 0.3) is 0 Å². The second-order valence-corrected chi connectivity index (χ2v) is 10.1. The number of anilines is 1. The zero-order valence-electron chi connectivity index (χ0n) is 17.5. The fourth-order valence-corrected chi connectivity index (χ4v) is 5.94. The quantitative estimate of drug-likeness (QED) is 0.584. The van der Waals surface area contributed by atoms with Gasteiger partial charge in [-0.2, -0.15) is 4.31 Å². The molecule has 1 atom stereocenters. The molecule has 28 heavy (non-hydrogen) atoms. The highest BCUT2D eigenvalue weighted by Crippen LogP contribution is 2.25.